The van der Waals surface area contributed by atoms with E-state index in [1.54, 1.807) is 19.1 Å². The number of ketones is 1. The van der Waals surface area contributed by atoms with Gasteiger partial charge in [-0.15, -0.1) is 0 Å². The fraction of sp³-hybridized carbons (Fsp3) is 0.417. The molecule has 19 heavy (non-hydrogen) atoms. The molecule has 0 aliphatic heterocycles. The topological polar surface area (TPSA) is 60.2 Å². The van der Waals surface area contributed by atoms with Gasteiger partial charge >= 0.3 is 6.18 Å². The van der Waals surface area contributed by atoms with Gasteiger partial charge in [-0.05, 0) is 25.3 Å². The smallest absolute Gasteiger partial charge is 0.290 e. The Morgan fingerprint density at radius 1 is 1.37 bits per heavy atom. The number of hydrogen-bond acceptors (Lipinski definition) is 3. The fourth-order valence-corrected chi connectivity index (χ4v) is 1.60. The van der Waals surface area contributed by atoms with Gasteiger partial charge in [0.2, 0.25) is 5.78 Å². The van der Waals surface area contributed by atoms with Crippen LogP contribution < -0.4 is 0 Å². The van der Waals surface area contributed by atoms with Crippen molar-refractivity contribution < 1.29 is 22.9 Å². The lowest BCUT2D eigenvalue weighted by molar-refractivity contribution is -0.385. The minimum absolute atomic E-state index is 0.0125. The predicted molar refractivity (Wildman–Crippen MR) is 61.8 cm³/mol. The number of aryl methyl sites for hydroxylation is 2. The van der Waals surface area contributed by atoms with Crippen molar-refractivity contribution in [3.8, 4) is 0 Å². The average molecular weight is 275 g/mol. The number of rotatable bonds is 5. The molecule has 0 fully saturated rings. The number of Topliss-reactive ketones (excluding diaryl/α,β-unsaturated/α-hetero) is 1. The molecule has 0 saturated carbocycles. The molecule has 4 nitrogen and oxygen atoms in total. The molecule has 0 aliphatic rings. The van der Waals surface area contributed by atoms with Crippen LogP contribution in [0.4, 0.5) is 18.9 Å². The van der Waals surface area contributed by atoms with E-state index in [2.05, 4.69) is 0 Å². The first kappa shape index (κ1) is 15.1. The number of nitrogens with zero attached hydrogens (tertiary/aromatic N) is 1. The van der Waals surface area contributed by atoms with Gasteiger partial charge in [-0.2, -0.15) is 13.2 Å². The highest BCUT2D eigenvalue weighted by atomic mass is 19.4. The van der Waals surface area contributed by atoms with Crippen LogP contribution in [0.25, 0.3) is 0 Å². The molecule has 0 spiro atoms. The summed E-state index contributed by atoms with van der Waals surface area (Å²) in [7, 11) is 0. The minimum Gasteiger partial charge on any atom is -0.290 e. The summed E-state index contributed by atoms with van der Waals surface area (Å²) in [6.45, 7) is 1.58. The number of hydrogen-bond donors (Lipinski definition) is 0. The van der Waals surface area contributed by atoms with Gasteiger partial charge in [0.25, 0.3) is 5.69 Å². The molecule has 1 aromatic rings. The Bertz CT molecular complexity index is 497. The quantitative estimate of drug-likeness (QED) is 0.611. The number of benzene rings is 1. The normalized spacial score (nSPS) is 11.4. The Balaban J connectivity index is 2.62. The summed E-state index contributed by atoms with van der Waals surface area (Å²) in [5.74, 6) is -1.77. The van der Waals surface area contributed by atoms with Crippen LogP contribution in [0.15, 0.2) is 18.2 Å². The van der Waals surface area contributed by atoms with Gasteiger partial charge in [-0.3, -0.25) is 14.9 Å². The maximum atomic E-state index is 12.0. The highest BCUT2D eigenvalue weighted by molar-refractivity contribution is 5.83. The summed E-state index contributed by atoms with van der Waals surface area (Å²) in [4.78, 5) is 20.8. The largest absolute Gasteiger partial charge is 0.449 e. The van der Waals surface area contributed by atoms with Crippen LogP contribution in [0.1, 0.15) is 24.0 Å². The molecule has 0 bridgehead atoms. The summed E-state index contributed by atoms with van der Waals surface area (Å²) >= 11 is 0. The van der Waals surface area contributed by atoms with Crippen molar-refractivity contribution >= 4 is 11.5 Å². The van der Waals surface area contributed by atoms with Crippen molar-refractivity contribution in [3.63, 3.8) is 0 Å². The van der Waals surface area contributed by atoms with E-state index in [4.69, 9.17) is 0 Å². The van der Waals surface area contributed by atoms with Crippen LogP contribution in [0, 0.1) is 17.0 Å². The van der Waals surface area contributed by atoms with Crippen molar-refractivity contribution in [3.05, 3.63) is 39.4 Å². The maximum Gasteiger partial charge on any atom is 0.449 e. The second-order valence-electron chi connectivity index (χ2n) is 4.15. The molecule has 0 atom stereocenters. The molecule has 0 unspecified atom stereocenters. The zero-order valence-corrected chi connectivity index (χ0v) is 10.2. The van der Waals surface area contributed by atoms with Crippen LogP contribution in [0.3, 0.4) is 0 Å². The molecule has 0 saturated heterocycles. The summed E-state index contributed by atoms with van der Waals surface area (Å²) in [6, 6.07) is 4.48. The Morgan fingerprint density at radius 2 is 2.00 bits per heavy atom. The van der Waals surface area contributed by atoms with Crippen LogP contribution in [0.2, 0.25) is 0 Å². The van der Waals surface area contributed by atoms with E-state index in [1.165, 1.54) is 6.07 Å². The highest BCUT2D eigenvalue weighted by Gasteiger charge is 2.37. The Hall–Kier alpha value is -1.92. The third-order valence-corrected chi connectivity index (χ3v) is 2.66. The van der Waals surface area contributed by atoms with E-state index in [1.807, 2.05) is 0 Å². The van der Waals surface area contributed by atoms with Crippen LogP contribution in [-0.2, 0) is 11.2 Å². The molecule has 0 aromatic heterocycles. The van der Waals surface area contributed by atoms with Crippen molar-refractivity contribution in [2.75, 3.05) is 0 Å². The van der Waals surface area contributed by atoms with Crippen LogP contribution in [-0.4, -0.2) is 16.9 Å². The van der Waals surface area contributed by atoms with Crippen molar-refractivity contribution in [2.24, 2.45) is 0 Å². The molecule has 0 N–H and O–H groups in total. The highest BCUT2D eigenvalue weighted by Crippen LogP contribution is 2.22. The molecule has 0 amide bonds. The zero-order valence-electron chi connectivity index (χ0n) is 10.2. The van der Waals surface area contributed by atoms with Crippen molar-refractivity contribution in [1.29, 1.82) is 0 Å². The second-order valence-corrected chi connectivity index (χ2v) is 4.15. The molecule has 0 radical (unpaired) electrons. The van der Waals surface area contributed by atoms with E-state index in [9.17, 15) is 28.1 Å². The summed E-state index contributed by atoms with van der Waals surface area (Å²) in [6.07, 6.45) is -5.20. The molecule has 7 heteroatoms. The van der Waals surface area contributed by atoms with E-state index in [0.29, 0.717) is 11.1 Å². The SMILES string of the molecule is Cc1ccc(CCCC(=O)C(F)(F)F)cc1[N+](=O)[O-]. The van der Waals surface area contributed by atoms with E-state index in [0.717, 1.165) is 0 Å². The number of carbonyl (C=O) groups is 1. The van der Waals surface area contributed by atoms with Gasteiger partial charge in [-0.25, -0.2) is 0 Å². The summed E-state index contributed by atoms with van der Waals surface area (Å²) in [5, 5.41) is 10.7. The summed E-state index contributed by atoms with van der Waals surface area (Å²) < 4.78 is 35.9. The standard InChI is InChI=1S/C12H12F3NO3/c1-8-5-6-9(7-10(8)16(18)19)3-2-4-11(17)12(13,14)15/h5-7H,2-4H2,1H3. The lowest BCUT2D eigenvalue weighted by Crippen LogP contribution is -2.22. The van der Waals surface area contributed by atoms with Gasteiger partial charge < -0.3 is 0 Å². The molecule has 1 rings (SSSR count). The number of alkyl halides is 3. The molecule has 104 valence electrons. The van der Waals surface area contributed by atoms with Crippen LogP contribution >= 0.6 is 0 Å². The molecule has 0 aliphatic carbocycles. The summed E-state index contributed by atoms with van der Waals surface area (Å²) in [5.41, 5.74) is 0.965. The lowest BCUT2D eigenvalue weighted by Gasteiger charge is -2.05. The van der Waals surface area contributed by atoms with Gasteiger partial charge in [0.05, 0.1) is 4.92 Å². The number of carbonyl (C=O) groups excluding carboxylic acids is 1. The third kappa shape index (κ3) is 4.35. The average Bonchev–Trinajstić information content (AvgIpc) is 2.29. The van der Waals surface area contributed by atoms with E-state index < -0.39 is 23.3 Å². The number of nitro groups is 1. The first-order valence-electron chi connectivity index (χ1n) is 5.55. The van der Waals surface area contributed by atoms with Gasteiger partial charge in [-0.1, -0.05) is 12.1 Å². The fourth-order valence-electron chi connectivity index (χ4n) is 1.60. The maximum absolute atomic E-state index is 12.0. The van der Waals surface area contributed by atoms with Gasteiger partial charge in [0.1, 0.15) is 0 Å². The van der Waals surface area contributed by atoms with E-state index >= 15 is 0 Å². The minimum atomic E-state index is -4.81. The number of nitro benzene ring substituents is 1. The second kappa shape index (κ2) is 5.81. The van der Waals surface area contributed by atoms with Crippen LogP contribution in [0.5, 0.6) is 0 Å². The first-order chi connectivity index (χ1) is 8.71. The Labute approximate surface area is 107 Å². The lowest BCUT2D eigenvalue weighted by atomic mass is 10.0. The first-order valence-corrected chi connectivity index (χ1v) is 5.55. The monoisotopic (exact) mass is 275 g/mol. The molecular formula is C12H12F3NO3. The Morgan fingerprint density at radius 3 is 2.53 bits per heavy atom. The van der Waals surface area contributed by atoms with E-state index in [-0.39, 0.29) is 18.5 Å². The van der Waals surface area contributed by atoms with Gasteiger partial charge in [0, 0.05) is 18.1 Å². The Kier molecular flexibility index (Phi) is 4.63. The molecular weight excluding hydrogens is 263 g/mol. The zero-order chi connectivity index (χ0) is 14.6. The predicted octanol–water partition coefficient (Wildman–Crippen LogP) is 3.36. The van der Waals surface area contributed by atoms with Crippen molar-refractivity contribution in [2.45, 2.75) is 32.4 Å². The van der Waals surface area contributed by atoms with Crippen molar-refractivity contribution in [1.82, 2.24) is 0 Å². The third-order valence-electron chi connectivity index (χ3n) is 2.66. The number of halogens is 3. The molecule has 1 aromatic carbocycles. The van der Waals surface area contributed by atoms with Gasteiger partial charge in [0.15, 0.2) is 0 Å². The molecule has 0 heterocycles.